The molecule has 3 heterocycles. The molecule has 0 fully saturated rings. The highest BCUT2D eigenvalue weighted by Crippen LogP contribution is 2.25. The van der Waals surface area contributed by atoms with Crippen molar-refractivity contribution < 1.29 is 4.79 Å². The normalized spacial score (nSPS) is 13.0. The number of carbonyl (C=O) groups is 1. The average Bonchev–Trinajstić information content (AvgIpc) is 2.94. The van der Waals surface area contributed by atoms with Crippen LogP contribution < -0.4 is 5.32 Å². The second-order valence-electron chi connectivity index (χ2n) is 7.04. The van der Waals surface area contributed by atoms with Gasteiger partial charge in [-0.25, -0.2) is 4.98 Å². The summed E-state index contributed by atoms with van der Waals surface area (Å²) in [6, 6.07) is 9.64. The lowest BCUT2D eigenvalue weighted by Crippen LogP contribution is -2.42. The van der Waals surface area contributed by atoms with Gasteiger partial charge in [0.2, 0.25) is 5.82 Å². The standard InChI is InChI=1S/C19H22N4O/c1-13(19(2,3)4)21-18(24)17-22-16(14-8-10-20-11-9-14)15-7-5-6-12-23(15)17/h5-13H,1-4H3,(H,21,24). The Morgan fingerprint density at radius 2 is 1.88 bits per heavy atom. The van der Waals surface area contributed by atoms with Crippen molar-refractivity contribution in [1.82, 2.24) is 19.7 Å². The lowest BCUT2D eigenvalue weighted by atomic mass is 9.88. The molecule has 1 unspecified atom stereocenters. The molecule has 24 heavy (non-hydrogen) atoms. The highest BCUT2D eigenvalue weighted by atomic mass is 16.2. The molecule has 0 radical (unpaired) electrons. The molecule has 1 amide bonds. The largest absolute Gasteiger partial charge is 0.346 e. The fraction of sp³-hybridized carbons (Fsp3) is 0.316. The minimum Gasteiger partial charge on any atom is -0.346 e. The maximum absolute atomic E-state index is 12.8. The molecule has 124 valence electrons. The maximum Gasteiger partial charge on any atom is 0.287 e. The van der Waals surface area contributed by atoms with Crippen LogP contribution in [0.3, 0.4) is 0 Å². The number of nitrogens with zero attached hydrogens (tertiary/aromatic N) is 3. The number of rotatable bonds is 3. The number of nitrogens with one attached hydrogen (secondary N) is 1. The number of carbonyl (C=O) groups excluding carboxylic acids is 1. The summed E-state index contributed by atoms with van der Waals surface area (Å²) in [5.74, 6) is 0.229. The van der Waals surface area contributed by atoms with E-state index in [2.05, 4.69) is 36.1 Å². The third-order valence-electron chi connectivity index (χ3n) is 4.35. The molecule has 0 spiro atoms. The molecule has 0 aliphatic carbocycles. The zero-order valence-electron chi connectivity index (χ0n) is 14.4. The van der Waals surface area contributed by atoms with Gasteiger partial charge in [-0.15, -0.1) is 0 Å². The Balaban J connectivity index is 2.05. The molecule has 0 saturated carbocycles. The molecule has 1 N–H and O–H groups in total. The number of fused-ring (bicyclic) bond motifs is 1. The van der Waals surface area contributed by atoms with Gasteiger partial charge in [0.15, 0.2) is 0 Å². The second-order valence-corrected chi connectivity index (χ2v) is 7.04. The molecular weight excluding hydrogens is 300 g/mol. The van der Waals surface area contributed by atoms with Gasteiger partial charge in [-0.05, 0) is 36.6 Å². The van der Waals surface area contributed by atoms with Crippen LogP contribution in [0.5, 0.6) is 0 Å². The molecular formula is C19H22N4O. The minimum absolute atomic E-state index is 0.0172. The Bertz CT molecular complexity index is 862. The van der Waals surface area contributed by atoms with Crippen LogP contribution in [0.2, 0.25) is 0 Å². The topological polar surface area (TPSA) is 59.3 Å². The van der Waals surface area contributed by atoms with E-state index in [4.69, 9.17) is 0 Å². The summed E-state index contributed by atoms with van der Waals surface area (Å²) in [5.41, 5.74) is 2.61. The van der Waals surface area contributed by atoms with Gasteiger partial charge in [0.05, 0.1) is 11.2 Å². The van der Waals surface area contributed by atoms with Crippen molar-refractivity contribution in [3.05, 3.63) is 54.7 Å². The molecule has 0 aliphatic heterocycles. The number of hydrogen-bond acceptors (Lipinski definition) is 3. The van der Waals surface area contributed by atoms with E-state index in [1.165, 1.54) is 0 Å². The molecule has 0 saturated heterocycles. The van der Waals surface area contributed by atoms with E-state index in [0.29, 0.717) is 5.82 Å². The molecule has 3 aromatic heterocycles. The summed E-state index contributed by atoms with van der Waals surface area (Å²) in [5, 5.41) is 3.06. The van der Waals surface area contributed by atoms with Gasteiger partial charge in [0, 0.05) is 30.2 Å². The van der Waals surface area contributed by atoms with Crippen molar-refractivity contribution in [2.75, 3.05) is 0 Å². The summed E-state index contributed by atoms with van der Waals surface area (Å²) in [6.45, 7) is 8.32. The van der Waals surface area contributed by atoms with Gasteiger partial charge in [0.1, 0.15) is 0 Å². The molecule has 0 aromatic carbocycles. The van der Waals surface area contributed by atoms with E-state index in [0.717, 1.165) is 16.8 Å². The number of aromatic nitrogens is 3. The van der Waals surface area contributed by atoms with Crippen LogP contribution in [-0.2, 0) is 0 Å². The smallest absolute Gasteiger partial charge is 0.287 e. The van der Waals surface area contributed by atoms with Gasteiger partial charge >= 0.3 is 0 Å². The first-order chi connectivity index (χ1) is 11.4. The zero-order chi connectivity index (χ0) is 17.3. The summed E-state index contributed by atoms with van der Waals surface area (Å²) < 4.78 is 1.83. The SMILES string of the molecule is CC(NC(=O)c1nc(-c2ccncc2)c2ccccn12)C(C)(C)C. The number of pyridine rings is 2. The van der Waals surface area contributed by atoms with Crippen LogP contribution in [0.4, 0.5) is 0 Å². The average molecular weight is 322 g/mol. The third kappa shape index (κ3) is 3.02. The molecule has 5 heteroatoms. The first-order valence-corrected chi connectivity index (χ1v) is 8.06. The Kier molecular flexibility index (Phi) is 4.09. The van der Waals surface area contributed by atoms with E-state index in [1.807, 2.05) is 47.9 Å². The Hall–Kier alpha value is -2.69. The van der Waals surface area contributed by atoms with Crippen molar-refractivity contribution in [3.63, 3.8) is 0 Å². The van der Waals surface area contributed by atoms with Crippen LogP contribution in [0.1, 0.15) is 38.3 Å². The number of amides is 1. The molecule has 5 nitrogen and oxygen atoms in total. The molecule has 3 aromatic rings. The Labute approximate surface area is 141 Å². The van der Waals surface area contributed by atoms with Gasteiger partial charge in [-0.2, -0.15) is 0 Å². The van der Waals surface area contributed by atoms with E-state index in [1.54, 1.807) is 12.4 Å². The van der Waals surface area contributed by atoms with Crippen molar-refractivity contribution >= 4 is 11.4 Å². The predicted octanol–water partition coefficient (Wildman–Crippen LogP) is 3.56. The van der Waals surface area contributed by atoms with E-state index >= 15 is 0 Å². The van der Waals surface area contributed by atoms with Crippen molar-refractivity contribution in [1.29, 1.82) is 0 Å². The third-order valence-corrected chi connectivity index (χ3v) is 4.35. The Morgan fingerprint density at radius 1 is 1.17 bits per heavy atom. The minimum atomic E-state index is -0.168. The fourth-order valence-electron chi connectivity index (χ4n) is 2.40. The summed E-state index contributed by atoms with van der Waals surface area (Å²) >= 11 is 0. The highest BCUT2D eigenvalue weighted by molar-refractivity contribution is 5.94. The van der Waals surface area contributed by atoms with E-state index < -0.39 is 0 Å². The van der Waals surface area contributed by atoms with Gasteiger partial charge in [-0.1, -0.05) is 26.8 Å². The Morgan fingerprint density at radius 3 is 2.54 bits per heavy atom. The molecule has 0 aliphatic rings. The highest BCUT2D eigenvalue weighted by Gasteiger charge is 2.25. The second kappa shape index (κ2) is 6.07. The number of hydrogen-bond donors (Lipinski definition) is 1. The maximum atomic E-state index is 12.8. The van der Waals surface area contributed by atoms with Crippen LogP contribution in [0, 0.1) is 5.41 Å². The quantitative estimate of drug-likeness (QED) is 0.802. The van der Waals surface area contributed by atoms with E-state index in [-0.39, 0.29) is 17.4 Å². The molecule has 1 atom stereocenters. The first-order valence-electron chi connectivity index (χ1n) is 8.06. The van der Waals surface area contributed by atoms with Crippen molar-refractivity contribution in [2.24, 2.45) is 5.41 Å². The fourth-order valence-corrected chi connectivity index (χ4v) is 2.40. The molecule has 3 rings (SSSR count). The zero-order valence-corrected chi connectivity index (χ0v) is 14.4. The van der Waals surface area contributed by atoms with Gasteiger partial charge in [-0.3, -0.25) is 14.2 Å². The van der Waals surface area contributed by atoms with E-state index in [9.17, 15) is 4.79 Å². The monoisotopic (exact) mass is 322 g/mol. The number of imidazole rings is 1. The van der Waals surface area contributed by atoms with Crippen LogP contribution in [-0.4, -0.2) is 26.3 Å². The van der Waals surface area contributed by atoms with Gasteiger partial charge in [0.25, 0.3) is 5.91 Å². The van der Waals surface area contributed by atoms with Crippen molar-refractivity contribution in [3.8, 4) is 11.3 Å². The van der Waals surface area contributed by atoms with Crippen LogP contribution in [0.25, 0.3) is 16.8 Å². The lowest BCUT2D eigenvalue weighted by molar-refractivity contribution is 0.0899. The predicted molar refractivity (Wildman–Crippen MR) is 94.8 cm³/mol. The lowest BCUT2D eigenvalue weighted by Gasteiger charge is -2.27. The summed E-state index contributed by atoms with van der Waals surface area (Å²) in [7, 11) is 0. The summed E-state index contributed by atoms with van der Waals surface area (Å²) in [4.78, 5) is 21.4. The van der Waals surface area contributed by atoms with Crippen molar-refractivity contribution in [2.45, 2.75) is 33.7 Å². The van der Waals surface area contributed by atoms with Gasteiger partial charge < -0.3 is 5.32 Å². The summed E-state index contributed by atoms with van der Waals surface area (Å²) in [6.07, 6.45) is 5.32. The molecule has 0 bridgehead atoms. The van der Waals surface area contributed by atoms with Crippen LogP contribution in [0.15, 0.2) is 48.9 Å². The first kappa shape index (κ1) is 16.2. The van der Waals surface area contributed by atoms with Crippen LogP contribution >= 0.6 is 0 Å².